The van der Waals surface area contributed by atoms with Crippen molar-refractivity contribution in [2.45, 2.75) is 6.54 Å². The van der Waals surface area contributed by atoms with Gasteiger partial charge in [0.2, 0.25) is 0 Å². The molecule has 14 heavy (non-hydrogen) atoms. The number of carbonyl (C=O) groups is 1. The lowest BCUT2D eigenvalue weighted by Gasteiger charge is -2.13. The van der Waals surface area contributed by atoms with Gasteiger partial charge in [0.15, 0.2) is 0 Å². The molecule has 1 N–H and O–H groups in total. The van der Waals surface area contributed by atoms with E-state index in [1.165, 1.54) is 0 Å². The summed E-state index contributed by atoms with van der Waals surface area (Å²) in [5.74, 6) is 0.0517. The monoisotopic (exact) mass is 192 g/mol. The molecule has 0 spiro atoms. The van der Waals surface area contributed by atoms with Gasteiger partial charge >= 0.3 is 0 Å². The van der Waals surface area contributed by atoms with Crippen molar-refractivity contribution >= 4 is 5.91 Å². The number of hydrogen-bond acceptors (Lipinski definition) is 2. The number of carbonyl (C=O) groups excluding carboxylic acids is 1. The van der Waals surface area contributed by atoms with E-state index in [9.17, 15) is 4.79 Å². The van der Waals surface area contributed by atoms with E-state index in [1.54, 1.807) is 19.0 Å². The molecule has 0 aliphatic heterocycles. The topological polar surface area (TPSA) is 32.3 Å². The summed E-state index contributed by atoms with van der Waals surface area (Å²) in [7, 11) is 5.40. The van der Waals surface area contributed by atoms with Crippen LogP contribution in [0, 0.1) is 0 Å². The Morgan fingerprint density at radius 2 is 2.00 bits per heavy atom. The van der Waals surface area contributed by atoms with E-state index in [0.29, 0.717) is 0 Å². The molecule has 1 amide bonds. The van der Waals surface area contributed by atoms with Gasteiger partial charge in [0, 0.05) is 26.2 Å². The van der Waals surface area contributed by atoms with Gasteiger partial charge in [0.1, 0.15) is 0 Å². The van der Waals surface area contributed by atoms with E-state index in [4.69, 9.17) is 0 Å². The predicted molar refractivity (Wildman–Crippen MR) is 57.2 cm³/mol. The van der Waals surface area contributed by atoms with Crippen molar-refractivity contribution in [2.24, 2.45) is 0 Å². The average Bonchev–Trinajstić information content (AvgIpc) is 2.18. The largest absolute Gasteiger partial charge is 0.345 e. The van der Waals surface area contributed by atoms with E-state index >= 15 is 0 Å². The van der Waals surface area contributed by atoms with Gasteiger partial charge in [-0.1, -0.05) is 18.2 Å². The third-order valence-electron chi connectivity index (χ3n) is 2.02. The fourth-order valence-corrected chi connectivity index (χ4v) is 1.31. The van der Waals surface area contributed by atoms with Crippen LogP contribution < -0.4 is 5.32 Å². The van der Waals surface area contributed by atoms with E-state index < -0.39 is 0 Å². The Morgan fingerprint density at radius 1 is 1.36 bits per heavy atom. The molecule has 3 heteroatoms. The van der Waals surface area contributed by atoms with Crippen molar-refractivity contribution in [3.05, 3.63) is 35.4 Å². The Morgan fingerprint density at radius 3 is 2.57 bits per heavy atom. The van der Waals surface area contributed by atoms with E-state index in [0.717, 1.165) is 17.7 Å². The highest BCUT2D eigenvalue weighted by molar-refractivity contribution is 5.95. The number of nitrogens with one attached hydrogen (secondary N) is 1. The Balaban J connectivity index is 3.00. The van der Waals surface area contributed by atoms with Crippen LogP contribution in [0.25, 0.3) is 0 Å². The maximum atomic E-state index is 11.7. The van der Waals surface area contributed by atoms with Crippen molar-refractivity contribution in [3.8, 4) is 0 Å². The molecule has 0 fully saturated rings. The summed E-state index contributed by atoms with van der Waals surface area (Å²) in [5.41, 5.74) is 1.81. The smallest absolute Gasteiger partial charge is 0.253 e. The van der Waals surface area contributed by atoms with Crippen molar-refractivity contribution in [2.75, 3.05) is 21.1 Å². The van der Waals surface area contributed by atoms with Gasteiger partial charge in [-0.25, -0.2) is 0 Å². The SMILES string of the molecule is CNCc1ccccc1C(=O)N(C)C. The molecular weight excluding hydrogens is 176 g/mol. The third-order valence-corrected chi connectivity index (χ3v) is 2.02. The molecule has 1 aromatic carbocycles. The van der Waals surface area contributed by atoms with Crippen LogP contribution >= 0.6 is 0 Å². The van der Waals surface area contributed by atoms with Crippen molar-refractivity contribution in [1.29, 1.82) is 0 Å². The maximum absolute atomic E-state index is 11.7. The third kappa shape index (κ3) is 2.33. The van der Waals surface area contributed by atoms with E-state index in [1.807, 2.05) is 31.3 Å². The minimum Gasteiger partial charge on any atom is -0.345 e. The summed E-state index contributed by atoms with van der Waals surface area (Å²) in [6, 6.07) is 7.65. The molecule has 0 heterocycles. The summed E-state index contributed by atoms with van der Waals surface area (Å²) >= 11 is 0. The zero-order chi connectivity index (χ0) is 10.6. The summed E-state index contributed by atoms with van der Waals surface area (Å²) in [4.78, 5) is 13.3. The molecule has 1 rings (SSSR count). The first-order valence-corrected chi connectivity index (χ1v) is 4.61. The molecule has 0 bridgehead atoms. The fourth-order valence-electron chi connectivity index (χ4n) is 1.31. The first-order valence-electron chi connectivity index (χ1n) is 4.61. The molecule has 0 saturated heterocycles. The Kier molecular flexibility index (Phi) is 3.65. The molecule has 1 aromatic rings. The minimum absolute atomic E-state index is 0.0517. The molecular formula is C11H16N2O. The van der Waals surface area contributed by atoms with Crippen LogP contribution in [0.3, 0.4) is 0 Å². The fraction of sp³-hybridized carbons (Fsp3) is 0.364. The zero-order valence-electron chi connectivity index (χ0n) is 8.87. The second-order valence-electron chi connectivity index (χ2n) is 3.39. The van der Waals surface area contributed by atoms with Crippen molar-refractivity contribution in [1.82, 2.24) is 10.2 Å². The van der Waals surface area contributed by atoms with Crippen molar-refractivity contribution in [3.63, 3.8) is 0 Å². The first-order chi connectivity index (χ1) is 6.66. The normalized spacial score (nSPS) is 9.93. The summed E-state index contributed by atoms with van der Waals surface area (Å²) in [6.07, 6.45) is 0. The quantitative estimate of drug-likeness (QED) is 0.778. The Bertz CT molecular complexity index is 321. The lowest BCUT2D eigenvalue weighted by Crippen LogP contribution is -2.23. The highest BCUT2D eigenvalue weighted by atomic mass is 16.2. The standard InChI is InChI=1S/C11H16N2O/c1-12-8-9-6-4-5-7-10(9)11(14)13(2)3/h4-7,12H,8H2,1-3H3. The van der Waals surface area contributed by atoms with Crippen LogP contribution in [0.15, 0.2) is 24.3 Å². The van der Waals surface area contributed by atoms with Crippen LogP contribution in [0.1, 0.15) is 15.9 Å². The van der Waals surface area contributed by atoms with Crippen LogP contribution in [-0.2, 0) is 6.54 Å². The van der Waals surface area contributed by atoms with Crippen LogP contribution in [0.2, 0.25) is 0 Å². The molecule has 0 aromatic heterocycles. The van der Waals surface area contributed by atoms with Gasteiger partial charge in [-0.2, -0.15) is 0 Å². The van der Waals surface area contributed by atoms with Gasteiger partial charge in [0.05, 0.1) is 0 Å². The molecule has 0 aliphatic carbocycles. The second-order valence-corrected chi connectivity index (χ2v) is 3.39. The van der Waals surface area contributed by atoms with Crippen LogP contribution in [0.5, 0.6) is 0 Å². The highest BCUT2D eigenvalue weighted by Gasteiger charge is 2.11. The van der Waals surface area contributed by atoms with Gasteiger partial charge in [-0.3, -0.25) is 4.79 Å². The summed E-state index contributed by atoms with van der Waals surface area (Å²) < 4.78 is 0. The van der Waals surface area contributed by atoms with Crippen LogP contribution in [0.4, 0.5) is 0 Å². The average molecular weight is 192 g/mol. The van der Waals surface area contributed by atoms with Gasteiger partial charge in [0.25, 0.3) is 5.91 Å². The Hall–Kier alpha value is -1.35. The second kappa shape index (κ2) is 4.77. The molecule has 0 aliphatic rings. The van der Waals surface area contributed by atoms with Gasteiger partial charge < -0.3 is 10.2 Å². The molecule has 0 atom stereocenters. The number of rotatable bonds is 3. The number of amides is 1. The molecule has 0 saturated carbocycles. The molecule has 0 radical (unpaired) electrons. The first kappa shape index (κ1) is 10.7. The van der Waals surface area contributed by atoms with E-state index in [-0.39, 0.29) is 5.91 Å². The zero-order valence-corrected chi connectivity index (χ0v) is 8.87. The number of hydrogen-bond donors (Lipinski definition) is 1. The molecule has 76 valence electrons. The van der Waals surface area contributed by atoms with E-state index in [2.05, 4.69) is 5.32 Å². The summed E-state index contributed by atoms with van der Waals surface area (Å²) in [5, 5.41) is 3.05. The maximum Gasteiger partial charge on any atom is 0.253 e. The Labute approximate surface area is 84.7 Å². The number of benzene rings is 1. The lowest BCUT2D eigenvalue weighted by molar-refractivity contribution is 0.0826. The summed E-state index contributed by atoms with van der Waals surface area (Å²) in [6.45, 7) is 0.718. The lowest BCUT2D eigenvalue weighted by atomic mass is 10.1. The van der Waals surface area contributed by atoms with Gasteiger partial charge in [-0.15, -0.1) is 0 Å². The number of nitrogens with zero attached hydrogens (tertiary/aromatic N) is 1. The molecule has 3 nitrogen and oxygen atoms in total. The highest BCUT2D eigenvalue weighted by Crippen LogP contribution is 2.10. The van der Waals surface area contributed by atoms with Gasteiger partial charge in [-0.05, 0) is 18.7 Å². The van der Waals surface area contributed by atoms with Crippen LogP contribution in [-0.4, -0.2) is 32.0 Å². The predicted octanol–water partition coefficient (Wildman–Crippen LogP) is 1.11. The minimum atomic E-state index is 0.0517. The van der Waals surface area contributed by atoms with Crippen molar-refractivity contribution < 1.29 is 4.79 Å². The molecule has 0 unspecified atom stereocenters.